The maximum Gasteiger partial charge on any atom is 0.258 e. The number of nitrogens with zero attached hydrogens (tertiary/aromatic N) is 1. The van der Waals surface area contributed by atoms with Gasteiger partial charge in [0.05, 0.1) is 26.2 Å². The number of nitrogens with one attached hydrogen (secondary N) is 2. The van der Waals surface area contributed by atoms with E-state index in [9.17, 15) is 9.59 Å². The van der Waals surface area contributed by atoms with Crippen LogP contribution in [0.2, 0.25) is 5.02 Å². The average molecular weight is 421 g/mol. The van der Waals surface area contributed by atoms with Crippen molar-refractivity contribution >= 4 is 23.2 Å². The first kappa shape index (κ1) is 21.2. The Kier molecular flexibility index (Phi) is 7.17. The van der Waals surface area contributed by atoms with Crippen LogP contribution < -0.4 is 25.3 Å². The number of amides is 1. The van der Waals surface area contributed by atoms with Crippen LogP contribution >= 0.6 is 11.6 Å². The van der Waals surface area contributed by atoms with Gasteiger partial charge in [0, 0.05) is 22.8 Å². The lowest BCUT2D eigenvalue weighted by Crippen LogP contribution is -3.13. The zero-order valence-electron chi connectivity index (χ0n) is 16.7. The van der Waals surface area contributed by atoms with E-state index >= 15 is 0 Å². The van der Waals surface area contributed by atoms with Crippen molar-refractivity contribution in [3.63, 3.8) is 0 Å². The predicted octanol–water partition coefficient (Wildman–Crippen LogP) is 1.10. The molecule has 1 aliphatic heterocycles. The molecule has 0 saturated carbocycles. The Morgan fingerprint density at radius 1 is 1.31 bits per heavy atom. The molecule has 0 unspecified atom stereocenters. The van der Waals surface area contributed by atoms with Crippen LogP contribution in [0.5, 0.6) is 5.75 Å². The van der Waals surface area contributed by atoms with Crippen molar-refractivity contribution in [3.8, 4) is 5.75 Å². The van der Waals surface area contributed by atoms with Crippen molar-refractivity contribution in [2.24, 2.45) is 0 Å². The Morgan fingerprint density at radius 3 is 2.72 bits per heavy atom. The van der Waals surface area contributed by atoms with Crippen molar-refractivity contribution < 1.29 is 18.8 Å². The van der Waals surface area contributed by atoms with Gasteiger partial charge in [0.25, 0.3) is 5.91 Å². The number of piperazine rings is 1. The largest absolute Gasteiger partial charge is 0.477 e. The van der Waals surface area contributed by atoms with Crippen LogP contribution in [-0.4, -0.2) is 44.7 Å². The van der Waals surface area contributed by atoms with E-state index in [1.165, 1.54) is 17.2 Å². The van der Waals surface area contributed by atoms with Crippen LogP contribution in [0, 0.1) is 0 Å². The lowest BCUT2D eigenvalue weighted by Gasteiger charge is -2.33. The molecule has 0 aliphatic carbocycles. The van der Waals surface area contributed by atoms with Gasteiger partial charge in [-0.15, -0.1) is 0 Å². The third-order valence-electron chi connectivity index (χ3n) is 4.73. The summed E-state index contributed by atoms with van der Waals surface area (Å²) in [6.45, 7) is 7.83. The number of quaternary nitrogens is 1. The molecule has 2 aromatic rings. The number of rotatable bonds is 7. The summed E-state index contributed by atoms with van der Waals surface area (Å²) < 4.78 is 10.8. The molecule has 3 rings (SSSR count). The number of hydrogen-bond acceptors (Lipinski definition) is 5. The highest BCUT2D eigenvalue weighted by Crippen LogP contribution is 2.19. The second kappa shape index (κ2) is 9.80. The Labute approximate surface area is 175 Å². The first-order valence-corrected chi connectivity index (χ1v) is 10.2. The minimum absolute atomic E-state index is 0.0206. The van der Waals surface area contributed by atoms with Gasteiger partial charge in [-0.3, -0.25) is 9.59 Å². The minimum Gasteiger partial charge on any atom is -0.477 e. The van der Waals surface area contributed by atoms with Crippen molar-refractivity contribution in [2.75, 3.05) is 37.7 Å². The minimum atomic E-state index is -0.277. The number of ether oxygens (including phenoxy) is 1. The first-order valence-electron chi connectivity index (χ1n) is 9.78. The first-order chi connectivity index (χ1) is 13.9. The van der Waals surface area contributed by atoms with Gasteiger partial charge in [-0.1, -0.05) is 17.7 Å². The summed E-state index contributed by atoms with van der Waals surface area (Å²) in [6.07, 6.45) is 1.29. The van der Waals surface area contributed by atoms with E-state index in [0.29, 0.717) is 12.3 Å². The van der Waals surface area contributed by atoms with Gasteiger partial charge in [0.15, 0.2) is 12.4 Å². The lowest BCUT2D eigenvalue weighted by molar-refractivity contribution is -0.915. The third-order valence-corrected chi connectivity index (χ3v) is 4.96. The van der Waals surface area contributed by atoms with Crippen LogP contribution in [-0.2, 0) is 11.3 Å². The van der Waals surface area contributed by atoms with Crippen molar-refractivity contribution in [2.45, 2.75) is 26.4 Å². The van der Waals surface area contributed by atoms with E-state index in [-0.39, 0.29) is 29.7 Å². The number of benzene rings is 1. The summed E-state index contributed by atoms with van der Waals surface area (Å²) in [6, 6.07) is 9.35. The molecule has 1 fully saturated rings. The molecule has 1 aromatic heterocycles. The molecule has 2 N–H and O–H groups in total. The standard InChI is InChI=1S/C21H26ClN3O4/c1-15(2)23-21(27)14-29-20-13-28-18(11-19(20)26)12-24-6-8-25(9-7-24)17-5-3-4-16(22)10-17/h3-5,10-11,13,15H,6-9,12,14H2,1-2H3,(H,23,27)/p+1. The maximum atomic E-state index is 12.2. The molecule has 1 aliphatic rings. The smallest absolute Gasteiger partial charge is 0.258 e. The van der Waals surface area contributed by atoms with Gasteiger partial charge < -0.3 is 24.3 Å². The zero-order chi connectivity index (χ0) is 20.8. The monoisotopic (exact) mass is 420 g/mol. The predicted molar refractivity (Wildman–Crippen MR) is 112 cm³/mol. The van der Waals surface area contributed by atoms with Gasteiger partial charge in [0.2, 0.25) is 11.2 Å². The highest BCUT2D eigenvalue weighted by molar-refractivity contribution is 6.30. The highest BCUT2D eigenvalue weighted by atomic mass is 35.5. The molecular formula is C21H27ClN3O4+. The van der Waals surface area contributed by atoms with E-state index in [1.54, 1.807) is 0 Å². The molecule has 1 saturated heterocycles. The Balaban J connectivity index is 1.50. The van der Waals surface area contributed by atoms with Crippen molar-refractivity contribution in [3.05, 3.63) is 57.6 Å². The third kappa shape index (κ3) is 6.24. The molecular weight excluding hydrogens is 394 g/mol. The second-order valence-electron chi connectivity index (χ2n) is 7.48. The highest BCUT2D eigenvalue weighted by Gasteiger charge is 2.21. The topological polar surface area (TPSA) is 76.2 Å². The van der Waals surface area contributed by atoms with Gasteiger partial charge >= 0.3 is 0 Å². The van der Waals surface area contributed by atoms with Crippen LogP contribution in [0.3, 0.4) is 0 Å². The SMILES string of the molecule is CC(C)NC(=O)COc1coc(C[NH+]2CCN(c3cccc(Cl)c3)CC2)cc1=O. The summed E-state index contributed by atoms with van der Waals surface area (Å²) in [4.78, 5) is 27.5. The number of carbonyl (C=O) groups excluding carboxylic acids is 1. The van der Waals surface area contributed by atoms with Gasteiger partial charge in [-0.2, -0.15) is 0 Å². The van der Waals surface area contributed by atoms with Gasteiger partial charge in [-0.05, 0) is 32.0 Å². The number of anilines is 1. The Bertz CT molecular complexity index is 891. The Morgan fingerprint density at radius 2 is 2.07 bits per heavy atom. The molecule has 0 spiro atoms. The van der Waals surface area contributed by atoms with Crippen LogP contribution in [0.25, 0.3) is 0 Å². The number of halogens is 1. The summed E-state index contributed by atoms with van der Waals surface area (Å²) in [5.41, 5.74) is 0.853. The summed E-state index contributed by atoms with van der Waals surface area (Å²) >= 11 is 6.08. The molecule has 29 heavy (non-hydrogen) atoms. The molecule has 1 aromatic carbocycles. The van der Waals surface area contributed by atoms with Crippen LogP contribution in [0.4, 0.5) is 5.69 Å². The van der Waals surface area contributed by atoms with Crippen molar-refractivity contribution in [1.29, 1.82) is 0 Å². The van der Waals surface area contributed by atoms with Crippen molar-refractivity contribution in [1.82, 2.24) is 5.32 Å². The zero-order valence-corrected chi connectivity index (χ0v) is 17.5. The van der Waals surface area contributed by atoms with Gasteiger partial charge in [-0.25, -0.2) is 0 Å². The molecule has 2 heterocycles. The fourth-order valence-electron chi connectivity index (χ4n) is 3.32. The van der Waals surface area contributed by atoms with Crippen LogP contribution in [0.15, 0.2) is 45.8 Å². The maximum absolute atomic E-state index is 12.2. The fourth-order valence-corrected chi connectivity index (χ4v) is 3.51. The van der Waals surface area contributed by atoms with Crippen LogP contribution in [0.1, 0.15) is 19.6 Å². The summed E-state index contributed by atoms with van der Waals surface area (Å²) in [5, 5.41) is 3.44. The molecule has 0 radical (unpaired) electrons. The molecule has 1 amide bonds. The molecule has 7 nitrogen and oxygen atoms in total. The number of hydrogen-bond donors (Lipinski definition) is 2. The summed E-state index contributed by atoms with van der Waals surface area (Å²) in [7, 11) is 0. The normalized spacial score (nSPS) is 14.8. The molecule has 0 atom stereocenters. The number of carbonyl (C=O) groups is 1. The van der Waals surface area contributed by atoms with E-state index in [2.05, 4.69) is 16.3 Å². The second-order valence-corrected chi connectivity index (χ2v) is 7.92. The van der Waals surface area contributed by atoms with Gasteiger partial charge in [0.1, 0.15) is 12.8 Å². The quantitative estimate of drug-likeness (QED) is 0.701. The van der Waals surface area contributed by atoms with E-state index in [0.717, 1.165) is 36.9 Å². The van der Waals surface area contributed by atoms with E-state index in [4.69, 9.17) is 20.8 Å². The average Bonchev–Trinajstić information content (AvgIpc) is 2.67. The molecule has 0 bridgehead atoms. The summed E-state index contributed by atoms with van der Waals surface area (Å²) in [5.74, 6) is 0.388. The lowest BCUT2D eigenvalue weighted by atomic mass is 10.2. The van der Waals surface area contributed by atoms with E-state index < -0.39 is 0 Å². The van der Waals surface area contributed by atoms with E-state index in [1.807, 2.05) is 32.0 Å². The molecule has 8 heteroatoms. The Hall–Kier alpha value is -2.51. The molecule has 156 valence electrons. The fraction of sp³-hybridized carbons (Fsp3) is 0.429.